The first-order chi connectivity index (χ1) is 12.7. The van der Waals surface area contributed by atoms with Gasteiger partial charge in [-0.15, -0.1) is 6.07 Å². The van der Waals surface area contributed by atoms with Gasteiger partial charge in [0, 0.05) is 23.0 Å². The largest absolute Gasteiger partial charge is 2.00 e. The summed E-state index contributed by atoms with van der Waals surface area (Å²) in [6.45, 7) is 10.0. The Balaban J connectivity index is 0.00000115. The van der Waals surface area contributed by atoms with Gasteiger partial charge in [0.1, 0.15) is 0 Å². The van der Waals surface area contributed by atoms with E-state index in [-0.39, 0.29) is 31.5 Å². The zero-order valence-corrected chi connectivity index (χ0v) is 18.9. The van der Waals surface area contributed by atoms with Crippen LogP contribution in [0.5, 0.6) is 0 Å². The first-order valence-corrected chi connectivity index (χ1v) is 9.12. The van der Waals surface area contributed by atoms with Crippen molar-refractivity contribution in [1.29, 1.82) is 0 Å². The van der Waals surface area contributed by atoms with E-state index in [9.17, 15) is 4.79 Å². The summed E-state index contributed by atoms with van der Waals surface area (Å²) in [5.41, 5.74) is 3.58. The quantitative estimate of drug-likeness (QED) is 0.278. The van der Waals surface area contributed by atoms with Gasteiger partial charge in [0.25, 0.3) is 5.56 Å². The molecule has 0 amide bonds. The number of fused-ring (bicyclic) bond motifs is 3. The van der Waals surface area contributed by atoms with Crippen LogP contribution < -0.4 is 5.56 Å². The van der Waals surface area contributed by atoms with E-state index in [0.717, 1.165) is 33.1 Å². The van der Waals surface area contributed by atoms with Crippen LogP contribution in [0.25, 0.3) is 27.5 Å². The van der Waals surface area contributed by atoms with Gasteiger partial charge in [-0.2, -0.15) is 24.3 Å². The predicted octanol–water partition coefficient (Wildman–Crippen LogP) is 6.15. The summed E-state index contributed by atoms with van der Waals surface area (Å²) >= 11 is 0. The van der Waals surface area contributed by atoms with Crippen molar-refractivity contribution in [3.63, 3.8) is 0 Å². The van der Waals surface area contributed by atoms with Gasteiger partial charge >= 0.3 is 18.6 Å². The fourth-order valence-corrected chi connectivity index (χ4v) is 2.79. The van der Waals surface area contributed by atoms with E-state index < -0.39 is 0 Å². The molecule has 0 atom stereocenters. The molecule has 4 heteroatoms. The summed E-state index contributed by atoms with van der Waals surface area (Å²) in [7, 11) is 0. The number of aryl methyl sites for hydroxylation is 1. The van der Waals surface area contributed by atoms with Crippen LogP contribution in [0, 0.1) is 20.4 Å². The number of benzene rings is 2. The van der Waals surface area contributed by atoms with Crippen LogP contribution in [0.1, 0.15) is 33.3 Å². The molecule has 3 nitrogen and oxygen atoms in total. The summed E-state index contributed by atoms with van der Waals surface area (Å²) in [4.78, 5) is 17.0. The molecule has 2 aromatic heterocycles. The van der Waals surface area contributed by atoms with Gasteiger partial charge < -0.3 is 12.0 Å². The van der Waals surface area contributed by atoms with Crippen molar-refractivity contribution < 1.29 is 18.6 Å². The molecule has 1 radical (unpaired) electrons. The van der Waals surface area contributed by atoms with Crippen molar-refractivity contribution in [3.8, 4) is 5.69 Å². The molecule has 2 aromatic carbocycles. The van der Waals surface area contributed by atoms with Crippen LogP contribution in [0.2, 0.25) is 0 Å². The Bertz CT molecular complexity index is 1060. The molecule has 0 spiro atoms. The molecule has 28 heavy (non-hydrogen) atoms. The fourth-order valence-electron chi connectivity index (χ4n) is 2.79. The maximum atomic E-state index is 12.5. The van der Waals surface area contributed by atoms with Gasteiger partial charge in [-0.05, 0) is 25.1 Å². The molecular weight excluding hydrogens is 383 g/mol. The summed E-state index contributed by atoms with van der Waals surface area (Å²) in [5.74, 6) is 0. The average molecular weight is 411 g/mol. The summed E-state index contributed by atoms with van der Waals surface area (Å²) in [5, 5.41) is 1.92. The van der Waals surface area contributed by atoms with Crippen LogP contribution in [-0.4, -0.2) is 9.55 Å². The Labute approximate surface area is 180 Å². The summed E-state index contributed by atoms with van der Waals surface area (Å²) < 4.78 is 1.71. The van der Waals surface area contributed by atoms with Crippen molar-refractivity contribution in [3.05, 3.63) is 90.2 Å². The molecule has 0 bridgehead atoms. The van der Waals surface area contributed by atoms with E-state index in [4.69, 9.17) is 0 Å². The van der Waals surface area contributed by atoms with Gasteiger partial charge in [0.2, 0.25) is 0 Å². The number of rotatable bonds is 1. The normalized spacial score (nSPS) is 9.18. The van der Waals surface area contributed by atoms with Crippen LogP contribution in [-0.2, 0) is 18.6 Å². The van der Waals surface area contributed by atoms with Crippen LogP contribution in [0.4, 0.5) is 0 Å². The van der Waals surface area contributed by atoms with Gasteiger partial charge in [0.15, 0.2) is 0 Å². The molecule has 0 aliphatic heterocycles. The maximum Gasteiger partial charge on any atom is 2.00 e. The summed E-state index contributed by atoms with van der Waals surface area (Å²) in [6, 6.07) is 20.1. The SMILES string of the molecule is CC.CC.Cc1ccc2ncc3ccc(=O)n(-c4[c-]cccc4)c3c2c1.[CH3-].[V+2]. The number of para-hydroxylation sites is 1. The minimum Gasteiger partial charge on any atom is -0.358 e. The molecule has 4 rings (SSSR count). The van der Waals surface area contributed by atoms with E-state index in [1.54, 1.807) is 10.6 Å². The molecule has 0 saturated heterocycles. The maximum absolute atomic E-state index is 12.5. The zero-order chi connectivity index (χ0) is 19.1. The molecule has 2 heterocycles. The monoisotopic (exact) mass is 411 g/mol. The van der Waals surface area contributed by atoms with Crippen molar-refractivity contribution in [2.75, 3.05) is 0 Å². The van der Waals surface area contributed by atoms with E-state index in [1.807, 2.05) is 83.3 Å². The molecule has 0 aliphatic carbocycles. The summed E-state index contributed by atoms with van der Waals surface area (Å²) in [6.07, 6.45) is 1.81. The molecular formula is C24H28N2OV. The molecule has 0 fully saturated rings. The minimum absolute atomic E-state index is 0. The standard InChI is InChI=1S/C19H13N2O.2C2H6.CH3.V/c1-13-7-9-17-16(11-13)19-14(12-20-17)8-10-18(22)21(19)15-5-3-2-4-6-15;2*1-2;;/h2-5,7-12H,1H3;2*1-2H3;1H3;/q-1;;;-1;+2. The van der Waals surface area contributed by atoms with Gasteiger partial charge in [-0.3, -0.25) is 9.78 Å². The van der Waals surface area contributed by atoms with Crippen molar-refractivity contribution >= 4 is 21.8 Å². The molecule has 0 N–H and O–H groups in total. The van der Waals surface area contributed by atoms with Crippen molar-refractivity contribution in [1.82, 2.24) is 9.55 Å². The number of nitrogens with zero attached hydrogens (tertiary/aromatic N) is 2. The average Bonchev–Trinajstić information content (AvgIpc) is 2.71. The second kappa shape index (κ2) is 12.2. The Morgan fingerprint density at radius 1 is 0.964 bits per heavy atom. The third-order valence-corrected chi connectivity index (χ3v) is 3.81. The van der Waals surface area contributed by atoms with Gasteiger partial charge in [-0.25, -0.2) is 0 Å². The molecule has 0 unspecified atom stereocenters. The first-order valence-electron chi connectivity index (χ1n) is 9.12. The third-order valence-electron chi connectivity index (χ3n) is 3.81. The van der Waals surface area contributed by atoms with E-state index in [2.05, 4.69) is 17.1 Å². The van der Waals surface area contributed by atoms with Gasteiger partial charge in [-0.1, -0.05) is 45.0 Å². The van der Waals surface area contributed by atoms with E-state index in [1.165, 1.54) is 0 Å². The van der Waals surface area contributed by atoms with Crippen molar-refractivity contribution in [2.24, 2.45) is 0 Å². The minimum atomic E-state index is -0.0658. The first kappa shape index (κ1) is 25.6. The zero-order valence-electron chi connectivity index (χ0n) is 17.5. The van der Waals surface area contributed by atoms with Crippen LogP contribution in [0.3, 0.4) is 0 Å². The third kappa shape index (κ3) is 5.12. The Hall–Kier alpha value is -2.36. The van der Waals surface area contributed by atoms with E-state index in [0.29, 0.717) is 0 Å². The molecule has 4 aromatic rings. The van der Waals surface area contributed by atoms with Crippen LogP contribution >= 0.6 is 0 Å². The number of aromatic nitrogens is 2. The fraction of sp³-hybridized carbons (Fsp3) is 0.208. The second-order valence-corrected chi connectivity index (χ2v) is 5.34. The number of hydrogen-bond acceptors (Lipinski definition) is 2. The number of pyridine rings is 2. The second-order valence-electron chi connectivity index (χ2n) is 5.34. The topological polar surface area (TPSA) is 34.9 Å². The Morgan fingerprint density at radius 3 is 2.32 bits per heavy atom. The van der Waals surface area contributed by atoms with Crippen LogP contribution in [0.15, 0.2) is 65.6 Å². The molecule has 0 saturated carbocycles. The van der Waals surface area contributed by atoms with E-state index >= 15 is 0 Å². The smallest absolute Gasteiger partial charge is 0.358 e. The molecule has 0 aliphatic rings. The number of hydrogen-bond donors (Lipinski definition) is 0. The van der Waals surface area contributed by atoms with Gasteiger partial charge in [0.05, 0.1) is 11.0 Å². The van der Waals surface area contributed by atoms with Crippen molar-refractivity contribution in [2.45, 2.75) is 34.6 Å². The molecule has 145 valence electrons. The predicted molar refractivity (Wildman–Crippen MR) is 118 cm³/mol. The Kier molecular flexibility index (Phi) is 11.1. The Morgan fingerprint density at radius 2 is 1.68 bits per heavy atom.